The minimum Gasteiger partial charge on any atom is -0.464 e. The summed E-state index contributed by atoms with van der Waals surface area (Å²) in [7, 11) is -3.14. The van der Waals surface area contributed by atoms with Gasteiger partial charge in [0.15, 0.2) is 9.84 Å². The molecule has 1 aromatic rings. The molecule has 29 heavy (non-hydrogen) atoms. The lowest BCUT2D eigenvalue weighted by Crippen LogP contribution is -2.28. The highest BCUT2D eigenvalue weighted by atomic mass is 35.5. The van der Waals surface area contributed by atoms with Crippen LogP contribution in [0.1, 0.15) is 77.6 Å². The molecule has 1 aromatic carbocycles. The number of sulfone groups is 1. The molecule has 0 heterocycles. The maximum atomic E-state index is 12.2. The van der Waals surface area contributed by atoms with Gasteiger partial charge in [-0.1, -0.05) is 92.8 Å². The Hall–Kier alpha value is -0.780. The lowest BCUT2D eigenvalue weighted by Gasteiger charge is -2.17. The molecular formula is C22H34Cl2O4S. The van der Waals surface area contributed by atoms with E-state index in [2.05, 4.69) is 0 Å². The van der Waals surface area contributed by atoms with Crippen molar-refractivity contribution in [2.45, 2.75) is 86.8 Å². The lowest BCUT2D eigenvalue weighted by atomic mass is 10.1. The first kappa shape index (κ1) is 26.3. The second-order valence-electron chi connectivity index (χ2n) is 7.34. The van der Waals surface area contributed by atoms with E-state index in [9.17, 15) is 13.2 Å². The van der Waals surface area contributed by atoms with E-state index in [-0.39, 0.29) is 12.4 Å². The fraction of sp³-hybridized carbons (Fsp3) is 0.682. The van der Waals surface area contributed by atoms with Gasteiger partial charge in [-0.3, -0.25) is 0 Å². The van der Waals surface area contributed by atoms with Crippen LogP contribution in [-0.2, 0) is 19.4 Å². The molecule has 0 spiro atoms. The van der Waals surface area contributed by atoms with Crippen molar-refractivity contribution >= 4 is 39.0 Å². The molecule has 0 aliphatic rings. The Bertz CT molecular complexity index is 675. The van der Waals surface area contributed by atoms with Crippen LogP contribution in [0.4, 0.5) is 0 Å². The quantitative estimate of drug-likeness (QED) is 0.159. The molecule has 0 unspecified atom stereocenters. The first-order chi connectivity index (χ1) is 13.8. The highest BCUT2D eigenvalue weighted by molar-refractivity contribution is 7.91. The van der Waals surface area contributed by atoms with Gasteiger partial charge >= 0.3 is 5.97 Å². The van der Waals surface area contributed by atoms with E-state index >= 15 is 0 Å². The highest BCUT2D eigenvalue weighted by Crippen LogP contribution is 2.29. The predicted molar refractivity (Wildman–Crippen MR) is 120 cm³/mol. The second-order valence-corrected chi connectivity index (χ2v) is 10.9. The molecule has 0 aromatic heterocycles. The Morgan fingerprint density at radius 3 is 1.86 bits per heavy atom. The van der Waals surface area contributed by atoms with Crippen LogP contribution in [0.3, 0.4) is 0 Å². The van der Waals surface area contributed by atoms with Gasteiger partial charge in [-0.15, -0.1) is 0 Å². The van der Waals surface area contributed by atoms with Gasteiger partial charge in [-0.2, -0.15) is 0 Å². The molecule has 0 aliphatic carbocycles. The van der Waals surface area contributed by atoms with E-state index < -0.39 is 20.1 Å². The average Bonchev–Trinajstić information content (AvgIpc) is 2.69. The summed E-state index contributed by atoms with van der Waals surface area (Å²) >= 11 is 12.0. The maximum absolute atomic E-state index is 12.2. The Morgan fingerprint density at radius 1 is 0.862 bits per heavy atom. The van der Waals surface area contributed by atoms with Gasteiger partial charge in [0.05, 0.1) is 17.3 Å². The van der Waals surface area contributed by atoms with E-state index in [0.717, 1.165) is 51.4 Å². The number of hydrogen-bond donors (Lipinski definition) is 0. The van der Waals surface area contributed by atoms with Crippen molar-refractivity contribution in [3.8, 4) is 0 Å². The first-order valence-electron chi connectivity index (χ1n) is 10.6. The first-order valence-corrected chi connectivity index (χ1v) is 13.0. The van der Waals surface area contributed by atoms with Crippen molar-refractivity contribution in [3.63, 3.8) is 0 Å². The zero-order chi connectivity index (χ0) is 21.6. The van der Waals surface area contributed by atoms with Crippen LogP contribution >= 0.6 is 23.2 Å². The summed E-state index contributed by atoms with van der Waals surface area (Å²) in [6.07, 6.45) is 10.7. The molecule has 0 saturated carbocycles. The molecule has 4 nitrogen and oxygen atoms in total. The van der Waals surface area contributed by atoms with Crippen LogP contribution in [0.2, 0.25) is 0 Å². The topological polar surface area (TPSA) is 60.4 Å². The van der Waals surface area contributed by atoms with Gasteiger partial charge in [-0.05, 0) is 38.3 Å². The smallest absolute Gasteiger partial charge is 0.342 e. The van der Waals surface area contributed by atoms with Gasteiger partial charge in [0.1, 0.15) is 0 Å². The van der Waals surface area contributed by atoms with Gasteiger partial charge < -0.3 is 4.74 Å². The van der Waals surface area contributed by atoms with Crippen LogP contribution in [0.15, 0.2) is 35.2 Å². The van der Waals surface area contributed by atoms with E-state index in [1.54, 1.807) is 31.2 Å². The van der Waals surface area contributed by atoms with Crippen LogP contribution in [0.25, 0.3) is 0 Å². The zero-order valence-electron chi connectivity index (χ0n) is 17.4. The average molecular weight is 465 g/mol. The molecular weight excluding hydrogens is 431 g/mol. The van der Waals surface area contributed by atoms with E-state index in [1.165, 1.54) is 12.8 Å². The number of carbonyl (C=O) groups is 1. The summed E-state index contributed by atoms with van der Waals surface area (Å²) in [6.45, 7) is 2.01. The van der Waals surface area contributed by atoms with Crippen molar-refractivity contribution in [2.75, 3.05) is 12.4 Å². The summed E-state index contributed by atoms with van der Waals surface area (Å²) in [6, 6.07) is 8.66. The summed E-state index contributed by atoms with van der Waals surface area (Å²) in [5.74, 6) is -0.328. The Labute approximate surface area is 186 Å². The number of esters is 1. The highest BCUT2D eigenvalue weighted by Gasteiger charge is 2.34. The van der Waals surface area contributed by atoms with Crippen LogP contribution in [0, 0.1) is 0 Å². The molecule has 0 N–H and O–H groups in total. The minimum atomic E-state index is -3.14. The van der Waals surface area contributed by atoms with Crippen molar-refractivity contribution in [1.82, 2.24) is 0 Å². The summed E-state index contributed by atoms with van der Waals surface area (Å²) < 4.78 is 27.8. The molecule has 166 valence electrons. The number of unbranched alkanes of at least 4 members (excludes halogenated alkanes) is 9. The van der Waals surface area contributed by atoms with Crippen LogP contribution in [-0.4, -0.2) is 31.1 Å². The number of carbonyl (C=O) groups excluding carboxylic acids is 1. The van der Waals surface area contributed by atoms with Gasteiger partial charge in [0.25, 0.3) is 0 Å². The molecule has 0 radical (unpaired) electrons. The molecule has 1 rings (SSSR count). The van der Waals surface area contributed by atoms with Crippen molar-refractivity contribution in [1.29, 1.82) is 0 Å². The number of rotatable bonds is 16. The summed E-state index contributed by atoms with van der Waals surface area (Å²) in [5, 5.41) is 0. The van der Waals surface area contributed by atoms with Gasteiger partial charge in [0, 0.05) is 0 Å². The lowest BCUT2D eigenvalue weighted by molar-refractivity contribution is -0.144. The van der Waals surface area contributed by atoms with Gasteiger partial charge in [-0.25, -0.2) is 13.2 Å². The largest absolute Gasteiger partial charge is 0.464 e. The summed E-state index contributed by atoms with van der Waals surface area (Å²) in [4.78, 5) is 12.0. The monoisotopic (exact) mass is 464 g/mol. The number of benzene rings is 1. The Balaban J connectivity index is 1.97. The van der Waals surface area contributed by atoms with Crippen molar-refractivity contribution < 1.29 is 17.9 Å². The Kier molecular flexibility index (Phi) is 12.9. The summed E-state index contributed by atoms with van der Waals surface area (Å²) in [5.41, 5.74) is 0. The minimum absolute atomic E-state index is 0.228. The van der Waals surface area contributed by atoms with E-state index in [0.29, 0.717) is 11.3 Å². The number of hydrogen-bond acceptors (Lipinski definition) is 4. The molecule has 0 saturated heterocycles. The molecule has 0 atom stereocenters. The molecule has 0 amide bonds. The predicted octanol–water partition coefficient (Wildman–Crippen LogP) is 6.49. The number of ether oxygens (including phenoxy) is 1. The van der Waals surface area contributed by atoms with Crippen LogP contribution < -0.4 is 0 Å². The third-order valence-electron chi connectivity index (χ3n) is 4.83. The standard InChI is InChI=1S/C22H34Cl2O4S/c1-2-28-21(25)22(23,24)18-14-9-7-5-3-4-6-8-10-15-19-29(26,27)20-16-12-11-13-17-20/h11-13,16-17H,2-10,14-15,18-19H2,1H3. The molecule has 0 fully saturated rings. The maximum Gasteiger partial charge on any atom is 0.342 e. The fourth-order valence-electron chi connectivity index (χ4n) is 3.14. The van der Waals surface area contributed by atoms with E-state index in [4.69, 9.17) is 27.9 Å². The number of alkyl halides is 2. The normalized spacial score (nSPS) is 12.1. The molecule has 0 aliphatic heterocycles. The van der Waals surface area contributed by atoms with E-state index in [1.807, 2.05) is 6.07 Å². The SMILES string of the molecule is CCOC(=O)C(Cl)(Cl)CCCCCCCCCCCCS(=O)(=O)c1ccccc1. The fourth-order valence-corrected chi connectivity index (χ4v) is 4.91. The number of halogens is 2. The van der Waals surface area contributed by atoms with Gasteiger partial charge in [0.2, 0.25) is 4.33 Å². The third kappa shape index (κ3) is 11.3. The van der Waals surface area contributed by atoms with Crippen LogP contribution in [0.5, 0.6) is 0 Å². The third-order valence-corrected chi connectivity index (χ3v) is 7.33. The Morgan fingerprint density at radius 2 is 1.34 bits per heavy atom. The van der Waals surface area contributed by atoms with Crippen molar-refractivity contribution in [2.24, 2.45) is 0 Å². The van der Waals surface area contributed by atoms with Crippen molar-refractivity contribution in [3.05, 3.63) is 30.3 Å². The zero-order valence-corrected chi connectivity index (χ0v) is 19.7. The molecule has 7 heteroatoms. The second kappa shape index (κ2) is 14.3. The molecule has 0 bridgehead atoms.